The van der Waals surface area contributed by atoms with Crippen LogP contribution in [0.3, 0.4) is 0 Å². The van der Waals surface area contributed by atoms with E-state index in [0.717, 1.165) is 21.4 Å². The number of aromatic nitrogens is 1. The standard InChI is InChI=1S/C36H52N6O6/c1-21(2)17-27(39-34(46)32(22(3)4)41(8)9)33(45)40-36(6,7)35(47)38-23(5)15-16-30(43)42-28(29(48-10)19-31(42)44)18-24-20-37-26-14-12-11-13-25(24)26/h11-16,19-23,27-28,32,37H,17-18H2,1-10H3,(H,38,47)(H,39,46)(H,40,45)/b16-15+/t23-,27-,28-,32-/m0/s1. The van der Waals surface area contributed by atoms with Crippen LogP contribution in [0.2, 0.25) is 0 Å². The van der Waals surface area contributed by atoms with Gasteiger partial charge in [0.15, 0.2) is 0 Å². The molecule has 5 amide bonds. The van der Waals surface area contributed by atoms with Crippen LogP contribution in [0.5, 0.6) is 0 Å². The lowest BCUT2D eigenvalue weighted by Gasteiger charge is -2.32. The summed E-state index contributed by atoms with van der Waals surface area (Å²) in [5, 5.41) is 9.48. The van der Waals surface area contributed by atoms with Gasteiger partial charge in [-0.05, 0) is 64.8 Å². The van der Waals surface area contributed by atoms with Gasteiger partial charge in [0.2, 0.25) is 17.7 Å². The van der Waals surface area contributed by atoms with Crippen molar-refractivity contribution in [3.05, 3.63) is 60.0 Å². The Kier molecular flexibility index (Phi) is 12.7. The Morgan fingerprint density at radius 3 is 2.31 bits per heavy atom. The number of para-hydroxylation sites is 1. The molecule has 262 valence electrons. The lowest BCUT2D eigenvalue weighted by molar-refractivity contribution is -0.139. The van der Waals surface area contributed by atoms with Gasteiger partial charge in [-0.3, -0.25) is 33.8 Å². The lowest BCUT2D eigenvalue weighted by atomic mass is 9.97. The molecule has 1 aromatic carbocycles. The van der Waals surface area contributed by atoms with E-state index in [1.807, 2.05) is 77.2 Å². The molecule has 2 aromatic rings. The molecule has 1 aliphatic heterocycles. The molecular weight excluding hydrogens is 612 g/mol. The van der Waals surface area contributed by atoms with E-state index in [4.69, 9.17) is 4.74 Å². The minimum Gasteiger partial charge on any atom is -0.499 e. The number of rotatable bonds is 15. The van der Waals surface area contributed by atoms with Gasteiger partial charge >= 0.3 is 0 Å². The normalized spacial score (nSPS) is 17.2. The molecule has 4 N–H and O–H groups in total. The van der Waals surface area contributed by atoms with Gasteiger partial charge < -0.3 is 25.7 Å². The summed E-state index contributed by atoms with van der Waals surface area (Å²) in [7, 11) is 5.10. The molecular formula is C36H52N6O6. The first kappa shape index (κ1) is 38.0. The quantitative estimate of drug-likeness (QED) is 0.214. The van der Waals surface area contributed by atoms with E-state index in [0.29, 0.717) is 18.6 Å². The molecule has 1 aliphatic rings. The third-order valence-electron chi connectivity index (χ3n) is 8.39. The van der Waals surface area contributed by atoms with E-state index >= 15 is 0 Å². The number of carbonyl (C=O) groups is 5. The van der Waals surface area contributed by atoms with Crippen LogP contribution in [-0.4, -0.2) is 95.2 Å². The molecule has 4 atom stereocenters. The Balaban J connectivity index is 1.66. The summed E-state index contributed by atoms with van der Waals surface area (Å²) in [6.07, 6.45) is 6.69. The van der Waals surface area contributed by atoms with Gasteiger partial charge in [-0.15, -0.1) is 0 Å². The van der Waals surface area contributed by atoms with E-state index in [-0.39, 0.29) is 17.7 Å². The third kappa shape index (κ3) is 9.33. The molecule has 3 rings (SSSR count). The van der Waals surface area contributed by atoms with Crippen LogP contribution >= 0.6 is 0 Å². The first-order chi connectivity index (χ1) is 22.5. The summed E-state index contributed by atoms with van der Waals surface area (Å²) < 4.78 is 5.47. The van der Waals surface area contributed by atoms with Crippen LogP contribution in [-0.2, 0) is 35.1 Å². The fraction of sp³-hybridized carbons (Fsp3) is 0.528. The molecule has 0 aliphatic carbocycles. The molecule has 1 aromatic heterocycles. The van der Waals surface area contributed by atoms with Crippen LogP contribution < -0.4 is 16.0 Å². The second-order valence-corrected chi connectivity index (χ2v) is 14.0. The molecule has 0 bridgehead atoms. The zero-order chi connectivity index (χ0) is 35.9. The SMILES string of the molecule is COC1=CC(=O)N(C(=O)/C=C/[C@H](C)NC(=O)C(C)(C)NC(=O)[C@H](CC(C)C)NC(=O)[C@H](C(C)C)N(C)C)[C@H]1Cc1c[nH]c2ccccc12. The van der Waals surface area contributed by atoms with Crippen molar-refractivity contribution in [1.29, 1.82) is 0 Å². The lowest BCUT2D eigenvalue weighted by Crippen LogP contribution is -2.61. The monoisotopic (exact) mass is 664 g/mol. The number of hydrogen-bond acceptors (Lipinski definition) is 7. The van der Waals surface area contributed by atoms with Crippen LogP contribution in [0.25, 0.3) is 10.9 Å². The van der Waals surface area contributed by atoms with Crippen molar-refractivity contribution in [2.75, 3.05) is 21.2 Å². The van der Waals surface area contributed by atoms with Crippen molar-refractivity contribution in [3.63, 3.8) is 0 Å². The fourth-order valence-corrected chi connectivity index (χ4v) is 6.01. The van der Waals surface area contributed by atoms with Crippen LogP contribution in [0, 0.1) is 11.8 Å². The van der Waals surface area contributed by atoms with Crippen molar-refractivity contribution < 1.29 is 28.7 Å². The van der Waals surface area contributed by atoms with Crippen molar-refractivity contribution in [2.45, 2.75) is 91.0 Å². The molecule has 0 fully saturated rings. The number of aromatic amines is 1. The molecule has 0 unspecified atom stereocenters. The van der Waals surface area contributed by atoms with Crippen LogP contribution in [0.1, 0.15) is 60.5 Å². The molecule has 0 saturated heterocycles. The maximum Gasteiger partial charge on any atom is 0.257 e. The summed E-state index contributed by atoms with van der Waals surface area (Å²) in [6, 6.07) is 5.28. The van der Waals surface area contributed by atoms with Gasteiger partial charge in [-0.2, -0.15) is 0 Å². The fourth-order valence-electron chi connectivity index (χ4n) is 6.01. The highest BCUT2D eigenvalue weighted by atomic mass is 16.5. The number of fused-ring (bicyclic) bond motifs is 1. The number of methoxy groups -OCH3 is 1. The Morgan fingerprint density at radius 2 is 1.71 bits per heavy atom. The third-order valence-corrected chi connectivity index (χ3v) is 8.39. The molecule has 2 heterocycles. The highest BCUT2D eigenvalue weighted by Crippen LogP contribution is 2.28. The van der Waals surface area contributed by atoms with E-state index in [2.05, 4.69) is 20.9 Å². The number of amides is 5. The maximum absolute atomic E-state index is 13.4. The highest BCUT2D eigenvalue weighted by molar-refractivity contribution is 6.08. The molecule has 12 nitrogen and oxygen atoms in total. The molecule has 0 spiro atoms. The Labute approximate surface area is 283 Å². The number of nitrogens with one attached hydrogen (secondary N) is 4. The molecule has 0 saturated carbocycles. The van der Waals surface area contributed by atoms with E-state index < -0.39 is 53.3 Å². The molecule has 12 heteroatoms. The van der Waals surface area contributed by atoms with E-state index in [9.17, 15) is 24.0 Å². The van der Waals surface area contributed by atoms with Crippen LogP contribution in [0.15, 0.2) is 54.4 Å². The van der Waals surface area contributed by atoms with Gasteiger partial charge in [0.1, 0.15) is 23.4 Å². The summed E-state index contributed by atoms with van der Waals surface area (Å²) in [5.74, 6) is -1.72. The number of ether oxygens (including phenoxy) is 1. The Morgan fingerprint density at radius 1 is 1.04 bits per heavy atom. The topological polar surface area (TPSA) is 153 Å². The van der Waals surface area contributed by atoms with Crippen molar-refractivity contribution in [2.24, 2.45) is 11.8 Å². The highest BCUT2D eigenvalue weighted by Gasteiger charge is 2.38. The maximum atomic E-state index is 13.4. The Hall–Kier alpha value is -4.45. The first-order valence-corrected chi connectivity index (χ1v) is 16.4. The summed E-state index contributed by atoms with van der Waals surface area (Å²) >= 11 is 0. The van der Waals surface area contributed by atoms with E-state index in [1.165, 1.54) is 25.3 Å². The number of nitrogens with zero attached hydrogens (tertiary/aromatic N) is 2. The second-order valence-electron chi connectivity index (χ2n) is 14.0. The molecule has 0 radical (unpaired) electrons. The number of imide groups is 1. The number of carbonyl (C=O) groups excluding carboxylic acids is 5. The van der Waals surface area contributed by atoms with Gasteiger partial charge in [0.25, 0.3) is 11.8 Å². The minimum atomic E-state index is -1.34. The van der Waals surface area contributed by atoms with Crippen molar-refractivity contribution >= 4 is 40.4 Å². The van der Waals surface area contributed by atoms with Crippen molar-refractivity contribution in [1.82, 2.24) is 30.7 Å². The molecule has 48 heavy (non-hydrogen) atoms. The Bertz CT molecular complexity index is 1550. The van der Waals surface area contributed by atoms with Gasteiger partial charge in [0.05, 0.1) is 13.2 Å². The largest absolute Gasteiger partial charge is 0.499 e. The number of likely N-dealkylation sites (N-methyl/N-ethyl adjacent to an activating group) is 1. The number of H-pyrrole nitrogens is 1. The number of hydrogen-bond donors (Lipinski definition) is 4. The van der Waals surface area contributed by atoms with Gasteiger partial charge in [-0.1, -0.05) is 52.0 Å². The van der Waals surface area contributed by atoms with Crippen molar-refractivity contribution in [3.8, 4) is 0 Å². The minimum absolute atomic E-state index is 0.0265. The average Bonchev–Trinajstić information content (AvgIpc) is 3.54. The summed E-state index contributed by atoms with van der Waals surface area (Å²) in [5.41, 5.74) is 0.549. The van der Waals surface area contributed by atoms with Crippen LogP contribution in [0.4, 0.5) is 0 Å². The first-order valence-electron chi connectivity index (χ1n) is 16.4. The van der Waals surface area contributed by atoms with Gasteiger partial charge in [0, 0.05) is 41.7 Å². The van der Waals surface area contributed by atoms with Gasteiger partial charge in [-0.25, -0.2) is 0 Å². The smallest absolute Gasteiger partial charge is 0.257 e. The zero-order valence-electron chi connectivity index (χ0n) is 29.8. The zero-order valence-corrected chi connectivity index (χ0v) is 29.8. The number of benzene rings is 1. The second kappa shape index (κ2) is 16.1. The van der Waals surface area contributed by atoms with E-state index in [1.54, 1.807) is 20.8 Å². The predicted octanol–water partition coefficient (Wildman–Crippen LogP) is 3.05. The summed E-state index contributed by atoms with van der Waals surface area (Å²) in [4.78, 5) is 72.3. The summed E-state index contributed by atoms with van der Waals surface area (Å²) in [6.45, 7) is 12.6. The predicted molar refractivity (Wildman–Crippen MR) is 185 cm³/mol. The average molecular weight is 665 g/mol.